The summed E-state index contributed by atoms with van der Waals surface area (Å²) in [6.07, 6.45) is 1.13. The van der Waals surface area contributed by atoms with E-state index in [2.05, 4.69) is 143 Å². The predicted octanol–water partition coefficient (Wildman–Crippen LogP) is -5.41. The van der Waals surface area contributed by atoms with Crippen LogP contribution in [-0.2, 0) is 74.4 Å². The van der Waals surface area contributed by atoms with Gasteiger partial charge in [-0.05, 0) is 48.5 Å². The number of hydrogen-bond acceptors (Lipinski definition) is 20. The van der Waals surface area contributed by atoms with Crippen LogP contribution in [0.4, 0.5) is 0 Å². The molecule has 0 spiro atoms. The van der Waals surface area contributed by atoms with Crippen LogP contribution >= 0.6 is 7.26 Å². The molecule has 20 nitrogen and oxygen atoms in total. The second-order valence-corrected chi connectivity index (χ2v) is 16.9. The number of hydrogen-bond donors (Lipinski definition) is 4. The van der Waals surface area contributed by atoms with Gasteiger partial charge in [0.1, 0.15) is 28.5 Å². The molecule has 4 aromatic rings. The van der Waals surface area contributed by atoms with E-state index < -0.39 is 57.3 Å². The minimum atomic E-state index is -1.91. The van der Waals surface area contributed by atoms with Crippen LogP contribution in [0.2, 0.25) is 0 Å². The SMILES string of the molecule is O=C([O-])CNCC(=O)[O-].O=C([O-])CNCC(=O)[O-].O=C1CNCC(=O)OCCCO1.O=C1CNCC(=O)OCCCO1.[Fe+3].c1ccc([P+](c2ccccc2)(c2ccccc2)c2ccccc2)cc1. The van der Waals surface area contributed by atoms with E-state index >= 15 is 0 Å². The first-order chi connectivity index (χ1) is 32.2. The van der Waals surface area contributed by atoms with Gasteiger partial charge in [-0.3, -0.25) is 29.8 Å². The third-order valence-electron chi connectivity index (χ3n) is 8.36. The van der Waals surface area contributed by atoms with Crippen LogP contribution < -0.4 is 62.9 Å². The number of rotatable bonds is 12. The number of ether oxygens (including phenoxy) is 4. The fraction of sp³-hybridized carbons (Fsp3) is 0.304. The first-order valence-corrected chi connectivity index (χ1v) is 22.4. The number of carboxylic acids is 4. The van der Waals surface area contributed by atoms with Crippen LogP contribution in [0.5, 0.6) is 0 Å². The zero-order valence-electron chi connectivity index (χ0n) is 36.8. The molecule has 2 heterocycles. The summed E-state index contributed by atoms with van der Waals surface area (Å²) in [5.41, 5.74) is 0. The molecule has 365 valence electrons. The smallest absolute Gasteiger partial charge is 0.549 e. The van der Waals surface area contributed by atoms with E-state index in [0.717, 1.165) is 0 Å². The Kier molecular flexibility index (Phi) is 31.1. The monoisotopic (exact) mass is 1000 g/mol. The van der Waals surface area contributed by atoms with E-state index in [1.54, 1.807) is 0 Å². The molecule has 0 aromatic heterocycles. The van der Waals surface area contributed by atoms with Crippen molar-refractivity contribution in [3.63, 3.8) is 0 Å². The Morgan fingerprint density at radius 2 is 0.618 bits per heavy atom. The summed E-state index contributed by atoms with van der Waals surface area (Å²) in [6, 6.07) is 43.8. The first kappa shape index (κ1) is 59.4. The molecular weight excluding hydrogens is 951 g/mol. The summed E-state index contributed by atoms with van der Waals surface area (Å²) in [5, 5.41) is 53.3. The zero-order chi connectivity index (χ0) is 49.1. The average Bonchev–Trinajstić information content (AvgIpc) is 3.31. The zero-order valence-corrected chi connectivity index (χ0v) is 38.8. The van der Waals surface area contributed by atoms with Crippen molar-refractivity contribution in [1.29, 1.82) is 0 Å². The summed E-state index contributed by atoms with van der Waals surface area (Å²) in [7, 11) is -1.91. The van der Waals surface area contributed by atoms with Gasteiger partial charge in [-0.15, -0.1) is 0 Å². The molecule has 6 rings (SSSR count). The molecule has 2 aliphatic heterocycles. The van der Waals surface area contributed by atoms with Gasteiger partial charge in [-0.25, -0.2) is 0 Å². The minimum absolute atomic E-state index is 0. The van der Waals surface area contributed by atoms with Crippen molar-refractivity contribution >= 4 is 76.2 Å². The van der Waals surface area contributed by atoms with Gasteiger partial charge in [-0.1, -0.05) is 72.8 Å². The normalized spacial score (nSPS) is 13.9. The predicted molar refractivity (Wildman–Crippen MR) is 236 cm³/mol. The number of cyclic esters (lactones) is 4. The topological polar surface area (TPSA) is 314 Å². The molecule has 68 heavy (non-hydrogen) atoms. The van der Waals surface area contributed by atoms with E-state index in [9.17, 15) is 58.8 Å². The van der Waals surface area contributed by atoms with E-state index in [1.807, 2.05) is 0 Å². The molecule has 2 saturated heterocycles. The number of benzene rings is 4. The molecule has 0 saturated carbocycles. The molecule has 2 aliphatic rings. The van der Waals surface area contributed by atoms with Crippen molar-refractivity contribution in [2.45, 2.75) is 12.8 Å². The summed E-state index contributed by atoms with van der Waals surface area (Å²) in [6.45, 7) is -0.346. The minimum Gasteiger partial charge on any atom is -0.549 e. The number of esters is 4. The van der Waals surface area contributed by atoms with E-state index in [4.69, 9.17) is 18.9 Å². The van der Waals surface area contributed by atoms with Gasteiger partial charge in [0.2, 0.25) is 0 Å². The standard InChI is InChI=1S/C24H20P.2C7H11NO4.2C4H7NO4.Fe/c1-5-13-21(14-6-1)25(22-15-7-2-8-16-22,23-17-9-3-10-18-23)24-19-11-4-12-20-24;2*9-6-4-8-5-7(10)12-3-1-2-11-6;2*6-3(7)1-5-2-4(8)9;/h1-20H;2*8H,1-5H2;2*5H,1-2H2,(H,6,7)(H,8,9);/q+1;;;;;+3/p-4. The Morgan fingerprint density at radius 3 is 0.809 bits per heavy atom. The fourth-order valence-corrected chi connectivity index (χ4v) is 9.90. The maximum absolute atomic E-state index is 10.8. The molecule has 22 heteroatoms. The van der Waals surface area contributed by atoms with E-state index in [0.29, 0.717) is 39.3 Å². The van der Waals surface area contributed by atoms with Gasteiger partial charge >= 0.3 is 40.9 Å². The Hall–Kier alpha value is -6.57. The first-order valence-electron chi connectivity index (χ1n) is 20.6. The van der Waals surface area contributed by atoms with Gasteiger partial charge in [0, 0.05) is 39.0 Å². The molecule has 2 fully saturated rings. The number of carbonyl (C=O) groups excluding carboxylic acids is 8. The molecule has 0 aliphatic carbocycles. The van der Waals surface area contributed by atoms with Crippen LogP contribution in [-0.4, -0.2) is 127 Å². The average molecular weight is 1000 g/mol. The summed E-state index contributed by atoms with van der Waals surface area (Å²) in [5.74, 6) is -6.66. The van der Waals surface area contributed by atoms with Crippen LogP contribution in [0.25, 0.3) is 0 Å². The molecule has 4 aromatic carbocycles. The van der Waals surface area contributed by atoms with Crippen LogP contribution in [0.1, 0.15) is 12.8 Å². The summed E-state index contributed by atoms with van der Waals surface area (Å²) in [4.78, 5) is 81.5. The molecule has 0 unspecified atom stereocenters. The third kappa shape index (κ3) is 25.4. The third-order valence-corrected chi connectivity index (χ3v) is 12.6. The Balaban J connectivity index is 0.000000459. The Bertz CT molecular complexity index is 1830. The Labute approximate surface area is 403 Å². The van der Waals surface area contributed by atoms with Crippen molar-refractivity contribution in [2.24, 2.45) is 0 Å². The van der Waals surface area contributed by atoms with Gasteiger partial charge < -0.3 is 69.2 Å². The molecule has 1 radical (unpaired) electrons. The van der Waals surface area contributed by atoms with Crippen molar-refractivity contribution in [3.05, 3.63) is 121 Å². The quantitative estimate of drug-likeness (QED) is 0.0446. The maximum atomic E-state index is 10.8. The second kappa shape index (κ2) is 35.6. The van der Waals surface area contributed by atoms with Gasteiger partial charge in [0.05, 0.1) is 76.5 Å². The second-order valence-electron chi connectivity index (χ2n) is 13.5. The molecule has 0 amide bonds. The largest absolute Gasteiger partial charge is 3.00 e. The number of nitrogens with one attached hydrogen (secondary N) is 4. The van der Waals surface area contributed by atoms with Gasteiger partial charge in [0.25, 0.3) is 0 Å². The summed E-state index contributed by atoms with van der Waals surface area (Å²) < 4.78 is 19.0. The summed E-state index contributed by atoms with van der Waals surface area (Å²) >= 11 is 0. The van der Waals surface area contributed by atoms with Crippen molar-refractivity contribution in [1.82, 2.24) is 21.3 Å². The van der Waals surface area contributed by atoms with Crippen molar-refractivity contribution in [2.75, 3.05) is 78.8 Å². The molecule has 4 N–H and O–H groups in total. The van der Waals surface area contributed by atoms with Crippen LogP contribution in [0.3, 0.4) is 0 Å². The fourth-order valence-electron chi connectivity index (χ4n) is 5.63. The van der Waals surface area contributed by atoms with Gasteiger partial charge in [-0.2, -0.15) is 0 Å². The van der Waals surface area contributed by atoms with E-state index in [-0.39, 0.29) is 67.1 Å². The maximum Gasteiger partial charge on any atom is 3.00 e. The number of carbonyl (C=O) groups is 8. The van der Waals surface area contributed by atoms with Crippen LogP contribution in [0.15, 0.2) is 121 Å². The van der Waals surface area contributed by atoms with Crippen molar-refractivity contribution < 1.29 is 94.8 Å². The van der Waals surface area contributed by atoms with Crippen molar-refractivity contribution in [3.8, 4) is 0 Å². The molecule has 0 atom stereocenters. The van der Waals surface area contributed by atoms with Crippen LogP contribution in [0, 0.1) is 0 Å². The molecular formula is C46H52FeN4O16P. The Morgan fingerprint density at radius 1 is 0.412 bits per heavy atom. The number of carboxylic acid groups (broad SMARTS) is 4. The molecule has 0 bridgehead atoms. The van der Waals surface area contributed by atoms with Gasteiger partial charge in [0.15, 0.2) is 0 Å². The number of aliphatic carboxylic acids is 4. The van der Waals surface area contributed by atoms with E-state index in [1.165, 1.54) is 21.2 Å².